The predicted molar refractivity (Wildman–Crippen MR) is 53.6 cm³/mol. The third-order valence-electron chi connectivity index (χ3n) is 2.09. The van der Waals surface area contributed by atoms with Gasteiger partial charge in [-0.1, -0.05) is 0 Å². The first kappa shape index (κ1) is 9.58. The first-order valence-corrected chi connectivity index (χ1v) is 4.56. The monoisotopic (exact) mass is 206 g/mol. The van der Waals surface area contributed by atoms with Gasteiger partial charge in [0.1, 0.15) is 17.1 Å². The molecule has 1 heterocycles. The lowest BCUT2D eigenvalue weighted by molar-refractivity contribution is -0.128. The van der Waals surface area contributed by atoms with Crippen LogP contribution in [0.3, 0.4) is 0 Å². The molecule has 0 radical (unpaired) electrons. The Morgan fingerprint density at radius 3 is 3.07 bits per heavy atom. The molecule has 0 bridgehead atoms. The van der Waals surface area contributed by atoms with Crippen LogP contribution in [0.4, 0.5) is 0 Å². The van der Waals surface area contributed by atoms with Crippen LogP contribution in [0.1, 0.15) is 5.76 Å². The zero-order valence-electron chi connectivity index (χ0n) is 7.97. The van der Waals surface area contributed by atoms with Crippen LogP contribution in [-0.2, 0) is 16.0 Å². The molecular formula is C11H10O4. The summed E-state index contributed by atoms with van der Waals surface area (Å²) in [5.41, 5.74) is 0.635. The number of aromatic hydroxyl groups is 1. The molecule has 2 aromatic rings. The molecule has 78 valence electrons. The minimum atomic E-state index is 0.174. The molecular weight excluding hydrogens is 196 g/mol. The largest absolute Gasteiger partial charge is 0.508 e. The van der Waals surface area contributed by atoms with Gasteiger partial charge in [-0.3, -0.25) is 4.79 Å². The van der Waals surface area contributed by atoms with Gasteiger partial charge in [-0.15, -0.1) is 0 Å². The molecule has 0 amide bonds. The summed E-state index contributed by atoms with van der Waals surface area (Å²) < 4.78 is 10.0. The molecule has 4 heteroatoms. The topological polar surface area (TPSA) is 59.7 Å². The minimum Gasteiger partial charge on any atom is -0.508 e. The number of fused-ring (bicyclic) bond motifs is 1. The summed E-state index contributed by atoms with van der Waals surface area (Å²) in [5, 5.41) is 10.1. The van der Waals surface area contributed by atoms with Gasteiger partial charge in [0.2, 0.25) is 0 Å². The summed E-state index contributed by atoms with van der Waals surface area (Å²) in [5.74, 6) is 0.907. The standard InChI is InChI=1S/C11H10O4/c12-7-14-4-3-10-5-8-1-2-9(13)6-11(8)15-10/h1-2,5-7,13H,3-4H2. The van der Waals surface area contributed by atoms with Gasteiger partial charge >= 0.3 is 0 Å². The average Bonchev–Trinajstić information content (AvgIpc) is 2.60. The second-order valence-electron chi connectivity index (χ2n) is 3.15. The highest BCUT2D eigenvalue weighted by Crippen LogP contribution is 2.23. The van der Waals surface area contributed by atoms with E-state index in [9.17, 15) is 9.90 Å². The van der Waals surface area contributed by atoms with Crippen molar-refractivity contribution < 1.29 is 19.1 Å². The van der Waals surface area contributed by atoms with Crippen LogP contribution < -0.4 is 0 Å². The van der Waals surface area contributed by atoms with Crippen LogP contribution in [0, 0.1) is 0 Å². The van der Waals surface area contributed by atoms with Crippen molar-refractivity contribution in [1.82, 2.24) is 0 Å². The van der Waals surface area contributed by atoms with Crippen LogP contribution in [0.2, 0.25) is 0 Å². The van der Waals surface area contributed by atoms with E-state index in [4.69, 9.17) is 4.42 Å². The van der Waals surface area contributed by atoms with E-state index in [1.807, 2.05) is 6.07 Å². The highest BCUT2D eigenvalue weighted by molar-refractivity contribution is 5.79. The Kier molecular flexibility index (Phi) is 2.58. The van der Waals surface area contributed by atoms with Gasteiger partial charge in [0, 0.05) is 17.9 Å². The third-order valence-corrected chi connectivity index (χ3v) is 2.09. The summed E-state index contributed by atoms with van der Waals surface area (Å²) >= 11 is 0. The van der Waals surface area contributed by atoms with Crippen molar-refractivity contribution in [1.29, 1.82) is 0 Å². The number of hydrogen-bond donors (Lipinski definition) is 1. The van der Waals surface area contributed by atoms with Gasteiger partial charge in [-0.2, -0.15) is 0 Å². The molecule has 1 aromatic heterocycles. The maximum absolute atomic E-state index is 9.93. The molecule has 0 fully saturated rings. The Morgan fingerprint density at radius 2 is 2.27 bits per heavy atom. The fourth-order valence-electron chi connectivity index (χ4n) is 1.41. The highest BCUT2D eigenvalue weighted by Gasteiger charge is 2.04. The lowest BCUT2D eigenvalue weighted by Gasteiger charge is -1.93. The molecule has 15 heavy (non-hydrogen) atoms. The molecule has 0 saturated heterocycles. The molecule has 0 aliphatic carbocycles. The van der Waals surface area contributed by atoms with Crippen LogP contribution >= 0.6 is 0 Å². The van der Waals surface area contributed by atoms with E-state index < -0.39 is 0 Å². The Hall–Kier alpha value is -1.97. The maximum Gasteiger partial charge on any atom is 0.293 e. The fraction of sp³-hybridized carbons (Fsp3) is 0.182. The smallest absolute Gasteiger partial charge is 0.293 e. The second-order valence-corrected chi connectivity index (χ2v) is 3.15. The number of carbonyl (C=O) groups excluding carboxylic acids is 1. The zero-order valence-corrected chi connectivity index (χ0v) is 7.97. The Bertz CT molecular complexity index is 472. The molecule has 1 aromatic carbocycles. The lowest BCUT2D eigenvalue weighted by Crippen LogP contribution is -1.94. The molecule has 4 nitrogen and oxygen atoms in total. The first-order valence-electron chi connectivity index (χ1n) is 4.56. The van der Waals surface area contributed by atoms with E-state index in [-0.39, 0.29) is 5.75 Å². The van der Waals surface area contributed by atoms with E-state index in [0.29, 0.717) is 25.1 Å². The molecule has 0 atom stereocenters. The summed E-state index contributed by atoms with van der Waals surface area (Å²) in [4.78, 5) is 9.93. The van der Waals surface area contributed by atoms with Crippen molar-refractivity contribution in [2.24, 2.45) is 0 Å². The van der Waals surface area contributed by atoms with E-state index in [1.165, 1.54) is 0 Å². The zero-order chi connectivity index (χ0) is 10.7. The molecule has 0 saturated carbocycles. The quantitative estimate of drug-likeness (QED) is 0.612. The van der Waals surface area contributed by atoms with Gasteiger partial charge in [0.15, 0.2) is 0 Å². The SMILES string of the molecule is O=COCCc1cc2ccc(O)cc2o1. The van der Waals surface area contributed by atoms with Crippen molar-refractivity contribution in [3.8, 4) is 5.75 Å². The fourth-order valence-corrected chi connectivity index (χ4v) is 1.41. The summed E-state index contributed by atoms with van der Waals surface area (Å²) in [7, 11) is 0. The normalized spacial score (nSPS) is 10.4. The molecule has 0 aliphatic heterocycles. The Morgan fingerprint density at radius 1 is 1.40 bits per heavy atom. The van der Waals surface area contributed by atoms with Crippen LogP contribution in [0.25, 0.3) is 11.0 Å². The molecule has 0 aliphatic rings. The lowest BCUT2D eigenvalue weighted by atomic mass is 10.2. The van der Waals surface area contributed by atoms with Gasteiger partial charge in [-0.25, -0.2) is 0 Å². The van der Waals surface area contributed by atoms with Crippen LogP contribution in [0.5, 0.6) is 5.75 Å². The van der Waals surface area contributed by atoms with Gasteiger partial charge < -0.3 is 14.3 Å². The molecule has 1 N–H and O–H groups in total. The number of phenolic OH excluding ortho intramolecular Hbond substituents is 1. The number of carbonyl (C=O) groups is 1. The highest BCUT2D eigenvalue weighted by atomic mass is 16.5. The first-order chi connectivity index (χ1) is 7.29. The average molecular weight is 206 g/mol. The third kappa shape index (κ3) is 2.10. The van der Waals surface area contributed by atoms with Crippen LogP contribution in [0.15, 0.2) is 28.7 Å². The molecule has 0 spiro atoms. The van der Waals surface area contributed by atoms with Crippen molar-refractivity contribution in [2.75, 3.05) is 6.61 Å². The van der Waals surface area contributed by atoms with E-state index in [0.717, 1.165) is 11.1 Å². The molecule has 2 rings (SSSR count). The van der Waals surface area contributed by atoms with Crippen LogP contribution in [-0.4, -0.2) is 18.2 Å². The van der Waals surface area contributed by atoms with Crippen molar-refractivity contribution in [3.63, 3.8) is 0 Å². The Labute approximate surface area is 86.1 Å². The van der Waals surface area contributed by atoms with Gasteiger partial charge in [0.25, 0.3) is 6.47 Å². The van der Waals surface area contributed by atoms with Crippen molar-refractivity contribution >= 4 is 17.4 Å². The number of hydrogen-bond acceptors (Lipinski definition) is 4. The number of furan rings is 1. The van der Waals surface area contributed by atoms with E-state index >= 15 is 0 Å². The summed E-state index contributed by atoms with van der Waals surface area (Å²) in [6, 6.07) is 6.80. The van der Waals surface area contributed by atoms with Gasteiger partial charge in [-0.05, 0) is 18.2 Å². The second kappa shape index (κ2) is 4.04. The van der Waals surface area contributed by atoms with Crippen molar-refractivity contribution in [2.45, 2.75) is 6.42 Å². The minimum absolute atomic E-state index is 0.174. The molecule has 0 unspecified atom stereocenters. The summed E-state index contributed by atoms with van der Waals surface area (Å²) in [6.07, 6.45) is 0.536. The maximum atomic E-state index is 9.93. The number of phenols is 1. The van der Waals surface area contributed by atoms with Gasteiger partial charge in [0.05, 0.1) is 6.61 Å². The van der Waals surface area contributed by atoms with Crippen molar-refractivity contribution in [3.05, 3.63) is 30.0 Å². The number of benzene rings is 1. The number of ether oxygens (including phenoxy) is 1. The predicted octanol–water partition coefficient (Wildman–Crippen LogP) is 1.85. The van der Waals surface area contributed by atoms with E-state index in [2.05, 4.69) is 4.74 Å². The summed E-state index contributed by atoms with van der Waals surface area (Å²) in [6.45, 7) is 0.712. The number of rotatable bonds is 4. The Balaban J connectivity index is 2.19. The van der Waals surface area contributed by atoms with E-state index in [1.54, 1.807) is 18.2 Å².